The summed E-state index contributed by atoms with van der Waals surface area (Å²) in [6, 6.07) is 11.6. The lowest BCUT2D eigenvalue weighted by Gasteiger charge is -2.21. The minimum Gasteiger partial charge on any atom is -0.309 e. The Morgan fingerprint density at radius 1 is 1.17 bits per heavy atom. The van der Waals surface area contributed by atoms with Crippen LogP contribution in [-0.4, -0.2) is 47.9 Å². The summed E-state index contributed by atoms with van der Waals surface area (Å²) in [5.74, 6) is -0.104. The average Bonchev–Trinajstić information content (AvgIpc) is 3.10. The third-order valence-corrected chi connectivity index (χ3v) is 5.73. The molecule has 0 N–H and O–H groups in total. The topological polar surface area (TPSA) is 79.6 Å². The number of benzene rings is 2. The van der Waals surface area contributed by atoms with E-state index in [1.54, 1.807) is 23.1 Å². The molecule has 152 valence electrons. The van der Waals surface area contributed by atoms with Crippen LogP contribution < -0.4 is 4.90 Å². The predicted octanol–water partition coefficient (Wildman–Crippen LogP) is 4.39. The van der Waals surface area contributed by atoms with E-state index in [4.69, 9.17) is 11.6 Å². The highest BCUT2D eigenvalue weighted by molar-refractivity contribution is 7.22. The largest absolute Gasteiger partial charge is 0.309 e. The summed E-state index contributed by atoms with van der Waals surface area (Å²) in [5, 5.41) is 12.0. The van der Waals surface area contributed by atoms with Crippen molar-refractivity contribution in [2.75, 3.05) is 32.1 Å². The van der Waals surface area contributed by atoms with Crippen LogP contribution >= 0.6 is 22.9 Å². The van der Waals surface area contributed by atoms with Gasteiger partial charge in [-0.15, -0.1) is 0 Å². The molecule has 0 spiro atoms. The normalized spacial score (nSPS) is 11.2. The highest BCUT2D eigenvalue weighted by Gasteiger charge is 2.21. The Kier molecular flexibility index (Phi) is 6.79. The van der Waals surface area contributed by atoms with Gasteiger partial charge in [0, 0.05) is 18.7 Å². The Hall–Kier alpha value is -2.55. The van der Waals surface area contributed by atoms with Gasteiger partial charge in [-0.2, -0.15) is 0 Å². The molecule has 0 radical (unpaired) electrons. The van der Waals surface area contributed by atoms with E-state index in [0.29, 0.717) is 22.2 Å². The molecule has 0 unspecified atom stereocenters. The molecule has 0 saturated carbocycles. The third-order valence-electron chi connectivity index (χ3n) is 4.38. The fourth-order valence-corrected chi connectivity index (χ4v) is 4.20. The molecule has 2 aromatic carbocycles. The van der Waals surface area contributed by atoms with Gasteiger partial charge >= 0.3 is 0 Å². The number of aromatic nitrogens is 1. The molecular weight excluding hydrogens is 412 g/mol. The van der Waals surface area contributed by atoms with E-state index in [0.717, 1.165) is 23.2 Å². The first-order valence-corrected chi connectivity index (χ1v) is 10.3. The number of carbonyl (C=O) groups is 1. The van der Waals surface area contributed by atoms with Crippen LogP contribution in [0.4, 0.5) is 10.8 Å². The molecule has 9 heteroatoms. The lowest BCUT2D eigenvalue weighted by molar-refractivity contribution is -0.384. The highest BCUT2D eigenvalue weighted by atomic mass is 35.5. The van der Waals surface area contributed by atoms with Crippen LogP contribution in [0.3, 0.4) is 0 Å². The zero-order valence-electron chi connectivity index (χ0n) is 16.2. The molecular formula is C20H21ClN4O3S. The van der Waals surface area contributed by atoms with Crippen molar-refractivity contribution in [1.82, 2.24) is 9.88 Å². The first-order chi connectivity index (χ1) is 13.8. The van der Waals surface area contributed by atoms with Crippen molar-refractivity contribution in [2.24, 2.45) is 0 Å². The Bertz CT molecular complexity index is 1020. The molecule has 0 aliphatic heterocycles. The molecule has 0 atom stereocenters. The lowest BCUT2D eigenvalue weighted by atomic mass is 10.1. The van der Waals surface area contributed by atoms with Gasteiger partial charge in [-0.1, -0.05) is 41.1 Å². The van der Waals surface area contributed by atoms with Gasteiger partial charge < -0.3 is 4.90 Å². The van der Waals surface area contributed by atoms with Crippen LogP contribution in [0.2, 0.25) is 5.02 Å². The number of nitro benzene ring substituents is 1. The summed E-state index contributed by atoms with van der Waals surface area (Å²) in [4.78, 5) is 31.8. The molecule has 1 aromatic heterocycles. The van der Waals surface area contributed by atoms with Crippen LogP contribution in [0.25, 0.3) is 10.2 Å². The Morgan fingerprint density at radius 2 is 1.90 bits per heavy atom. The summed E-state index contributed by atoms with van der Waals surface area (Å²) in [7, 11) is 3.97. The van der Waals surface area contributed by atoms with Crippen molar-refractivity contribution in [3.63, 3.8) is 0 Å². The number of halogens is 1. The molecule has 3 rings (SSSR count). The fraction of sp³-hybridized carbons (Fsp3) is 0.300. The number of non-ortho nitro benzene ring substituents is 1. The number of carbonyl (C=O) groups excluding carboxylic acids is 1. The van der Waals surface area contributed by atoms with Crippen LogP contribution in [-0.2, 0) is 11.2 Å². The molecule has 0 aliphatic rings. The summed E-state index contributed by atoms with van der Waals surface area (Å²) in [5.41, 5.74) is 1.41. The van der Waals surface area contributed by atoms with E-state index in [9.17, 15) is 14.9 Å². The number of hydrogen-bond acceptors (Lipinski definition) is 6. The number of amides is 1. The smallest absolute Gasteiger partial charge is 0.269 e. The predicted molar refractivity (Wildman–Crippen MR) is 117 cm³/mol. The van der Waals surface area contributed by atoms with E-state index in [1.807, 2.05) is 26.2 Å². The third kappa shape index (κ3) is 5.29. The zero-order valence-corrected chi connectivity index (χ0v) is 17.7. The number of anilines is 1. The second kappa shape index (κ2) is 9.30. The van der Waals surface area contributed by atoms with Gasteiger partial charge in [0.15, 0.2) is 5.13 Å². The Labute approximate surface area is 177 Å². The standard InChI is InChI=1S/C20H21ClN4O3S/c1-23(2)11-4-12-24(20-22-19-16(21)5-3-6-17(19)29-20)18(26)13-14-7-9-15(10-8-14)25(27)28/h3,5-10H,4,11-13H2,1-2H3. The quantitative estimate of drug-likeness (QED) is 0.389. The summed E-state index contributed by atoms with van der Waals surface area (Å²) < 4.78 is 0.924. The van der Waals surface area contributed by atoms with Crippen molar-refractivity contribution < 1.29 is 9.72 Å². The van der Waals surface area contributed by atoms with Crippen molar-refractivity contribution in [3.05, 3.63) is 63.2 Å². The summed E-state index contributed by atoms with van der Waals surface area (Å²) >= 11 is 7.68. The van der Waals surface area contributed by atoms with Crippen molar-refractivity contribution in [2.45, 2.75) is 12.8 Å². The second-order valence-electron chi connectivity index (χ2n) is 6.89. The van der Waals surface area contributed by atoms with Gasteiger partial charge in [0.25, 0.3) is 5.69 Å². The number of nitro groups is 1. The van der Waals surface area contributed by atoms with Crippen LogP contribution in [0.15, 0.2) is 42.5 Å². The highest BCUT2D eigenvalue weighted by Crippen LogP contribution is 2.33. The number of thiazole rings is 1. The van der Waals surface area contributed by atoms with Crippen LogP contribution in [0.5, 0.6) is 0 Å². The van der Waals surface area contributed by atoms with Crippen molar-refractivity contribution >= 4 is 49.9 Å². The monoisotopic (exact) mass is 432 g/mol. The number of nitrogens with zero attached hydrogens (tertiary/aromatic N) is 4. The van der Waals surface area contributed by atoms with Crippen molar-refractivity contribution in [3.8, 4) is 0 Å². The molecule has 29 heavy (non-hydrogen) atoms. The van der Waals surface area contributed by atoms with E-state index in [-0.39, 0.29) is 18.0 Å². The maximum atomic E-state index is 13.1. The molecule has 0 fully saturated rings. The average molecular weight is 433 g/mol. The maximum Gasteiger partial charge on any atom is 0.269 e. The molecule has 1 amide bonds. The van der Waals surface area contributed by atoms with Gasteiger partial charge in [-0.05, 0) is 44.8 Å². The number of hydrogen-bond donors (Lipinski definition) is 0. The van der Waals surface area contributed by atoms with Gasteiger partial charge in [0.2, 0.25) is 5.91 Å². The minimum atomic E-state index is -0.454. The van der Waals surface area contributed by atoms with E-state index in [2.05, 4.69) is 9.88 Å². The molecule has 0 aliphatic carbocycles. The SMILES string of the molecule is CN(C)CCCN(C(=O)Cc1ccc([N+](=O)[O-])cc1)c1nc2c(Cl)cccc2s1. The minimum absolute atomic E-state index is 0.00449. The Morgan fingerprint density at radius 3 is 2.52 bits per heavy atom. The number of fused-ring (bicyclic) bond motifs is 1. The van der Waals surface area contributed by atoms with Crippen molar-refractivity contribution in [1.29, 1.82) is 0 Å². The summed E-state index contributed by atoms with van der Waals surface area (Å²) in [6.07, 6.45) is 0.937. The van der Waals surface area contributed by atoms with E-state index >= 15 is 0 Å². The molecule has 3 aromatic rings. The summed E-state index contributed by atoms with van der Waals surface area (Å²) in [6.45, 7) is 1.37. The first kappa shape index (κ1) is 21.2. The molecule has 7 nitrogen and oxygen atoms in total. The Balaban J connectivity index is 1.84. The first-order valence-electron chi connectivity index (χ1n) is 9.08. The molecule has 0 saturated heterocycles. The van der Waals surface area contributed by atoms with Gasteiger partial charge in [0.05, 0.1) is 21.1 Å². The van der Waals surface area contributed by atoms with Gasteiger partial charge in [0.1, 0.15) is 5.52 Å². The number of para-hydroxylation sites is 1. The van der Waals surface area contributed by atoms with E-state index < -0.39 is 4.92 Å². The van der Waals surface area contributed by atoms with E-state index in [1.165, 1.54) is 23.5 Å². The van der Waals surface area contributed by atoms with Crippen LogP contribution in [0, 0.1) is 10.1 Å². The number of rotatable bonds is 8. The second-order valence-corrected chi connectivity index (χ2v) is 8.30. The van der Waals surface area contributed by atoms with Gasteiger partial charge in [-0.3, -0.25) is 19.8 Å². The maximum absolute atomic E-state index is 13.1. The molecule has 1 heterocycles. The van der Waals surface area contributed by atoms with Gasteiger partial charge in [-0.25, -0.2) is 4.98 Å². The lowest BCUT2D eigenvalue weighted by Crippen LogP contribution is -2.34. The molecule has 0 bridgehead atoms. The fourth-order valence-electron chi connectivity index (χ4n) is 2.90. The van der Waals surface area contributed by atoms with Crippen LogP contribution in [0.1, 0.15) is 12.0 Å². The zero-order chi connectivity index (χ0) is 21.0.